The maximum absolute atomic E-state index is 15.6. The van der Waals surface area contributed by atoms with Gasteiger partial charge in [-0.05, 0) is 65.6 Å². The summed E-state index contributed by atoms with van der Waals surface area (Å²) in [5.74, 6) is -2.58. The molecule has 4 unspecified atom stereocenters. The molecule has 20 heteroatoms. The molecule has 1 aliphatic carbocycles. The fourth-order valence-electron chi connectivity index (χ4n) is 9.73. The molecule has 4 heterocycles. The van der Waals surface area contributed by atoms with Crippen molar-refractivity contribution in [2.45, 2.75) is 43.3 Å². The fraction of sp³-hybridized carbons (Fsp3) is 0.289. The van der Waals surface area contributed by atoms with Crippen LogP contribution in [0, 0.1) is 5.92 Å². The molecule has 3 aliphatic rings. The first-order chi connectivity index (χ1) is 31.2. The topological polar surface area (TPSA) is 190 Å². The fourth-order valence-corrected chi connectivity index (χ4v) is 10.4. The van der Waals surface area contributed by atoms with Crippen LogP contribution < -0.4 is 41.3 Å². The van der Waals surface area contributed by atoms with Crippen molar-refractivity contribution in [2.24, 2.45) is 13.0 Å². The Labute approximate surface area is 384 Å². The Hall–Kier alpha value is -6.69. The van der Waals surface area contributed by atoms with Crippen LogP contribution in [-0.2, 0) is 41.6 Å². The van der Waals surface area contributed by atoms with Crippen LogP contribution in [0.5, 0.6) is 28.7 Å². The SMILES string of the molecule is COc1ccc(C23C(=O)N(Nc4ccc(Cl)cc4Cl)C(=O)C2CC2C(=CCn4c(=O)n(CCc5nc6cc(OC)c(OC)cc6n(C)c5=O)c(=O)n42)C3c2cc(Cl)c(O)c(OC)c2)cc1. The van der Waals surface area contributed by atoms with Crippen LogP contribution in [0.15, 0.2) is 92.8 Å². The summed E-state index contributed by atoms with van der Waals surface area (Å²) < 4.78 is 26.9. The van der Waals surface area contributed by atoms with Crippen LogP contribution in [0.4, 0.5) is 5.69 Å². The first-order valence-electron chi connectivity index (χ1n) is 20.2. The number of anilines is 1. The largest absolute Gasteiger partial charge is 0.503 e. The van der Waals surface area contributed by atoms with Crippen molar-refractivity contribution in [2.75, 3.05) is 33.9 Å². The number of hydrazine groups is 1. The number of nitrogens with zero attached hydrogens (tertiary/aromatic N) is 6. The van der Waals surface area contributed by atoms with E-state index in [2.05, 4.69) is 10.4 Å². The maximum atomic E-state index is 15.6. The second-order valence-electron chi connectivity index (χ2n) is 15.8. The standard InChI is InChI=1S/C45H40Cl3N7O10/c1-51-34-21-36(64-4)35(63-3)20-32(34)49-31(41(51)58)13-14-52-43(60)53-15-12-26-33(55(53)44(52)61)19-27-40(57)54(50-30-11-8-24(46)18-28(30)47)42(59)45(27,23-6-9-25(62-2)10-7-23)38(26)22-16-29(48)39(56)37(17-22)65-5/h6-12,16-18,20-21,27,33,38,50,56H,13-15,19H2,1-5H3. The second kappa shape index (κ2) is 16.4. The van der Waals surface area contributed by atoms with Crippen LogP contribution in [0.2, 0.25) is 15.1 Å². The molecular weight excluding hydrogens is 905 g/mol. The molecule has 0 spiro atoms. The average molecular weight is 945 g/mol. The highest BCUT2D eigenvalue weighted by Gasteiger charge is 2.69. The van der Waals surface area contributed by atoms with E-state index in [0.29, 0.717) is 50.0 Å². The number of rotatable bonds is 11. The predicted octanol–water partition coefficient (Wildman–Crippen LogP) is 5.62. The van der Waals surface area contributed by atoms with Crippen molar-refractivity contribution in [3.63, 3.8) is 0 Å². The number of allylic oxidation sites excluding steroid dienone is 2. The lowest BCUT2D eigenvalue weighted by atomic mass is 9.53. The predicted molar refractivity (Wildman–Crippen MR) is 241 cm³/mol. The Morgan fingerprint density at radius 1 is 0.831 bits per heavy atom. The van der Waals surface area contributed by atoms with E-state index in [4.69, 9.17) is 53.8 Å². The zero-order chi connectivity index (χ0) is 46.2. The number of ether oxygens (including phenoxy) is 4. The van der Waals surface area contributed by atoms with Gasteiger partial charge in [0.1, 0.15) is 11.4 Å². The summed E-state index contributed by atoms with van der Waals surface area (Å²) in [4.78, 5) is 78.0. The first kappa shape index (κ1) is 43.6. The molecule has 2 fully saturated rings. The number of carbonyl (C=O) groups is 2. The normalized spacial score (nSPS) is 20.0. The molecular formula is C45H40Cl3N7O10. The quantitative estimate of drug-likeness (QED) is 0.121. The van der Waals surface area contributed by atoms with Gasteiger partial charge < -0.3 is 28.6 Å². The van der Waals surface area contributed by atoms with E-state index >= 15 is 9.59 Å². The van der Waals surface area contributed by atoms with Crippen LogP contribution in [0.25, 0.3) is 11.0 Å². The van der Waals surface area contributed by atoms with Crippen molar-refractivity contribution in [3.8, 4) is 28.7 Å². The number of benzene rings is 4. The second-order valence-corrected chi connectivity index (χ2v) is 17.1. The summed E-state index contributed by atoms with van der Waals surface area (Å²) >= 11 is 19.5. The van der Waals surface area contributed by atoms with Gasteiger partial charge in [0, 0.05) is 43.1 Å². The van der Waals surface area contributed by atoms with Gasteiger partial charge in [-0.25, -0.2) is 28.5 Å². The minimum Gasteiger partial charge on any atom is -0.503 e. The number of hydrogen-bond donors (Lipinski definition) is 2. The third-order valence-electron chi connectivity index (χ3n) is 12.7. The number of aryl methyl sites for hydroxylation is 2. The van der Waals surface area contributed by atoms with Crippen molar-refractivity contribution in [1.29, 1.82) is 0 Å². The lowest BCUT2D eigenvalue weighted by Gasteiger charge is -2.49. The summed E-state index contributed by atoms with van der Waals surface area (Å²) in [6, 6.07) is 16.7. The van der Waals surface area contributed by atoms with Gasteiger partial charge >= 0.3 is 11.4 Å². The Kier molecular flexibility index (Phi) is 11.0. The number of carbonyl (C=O) groups excluding carboxylic acids is 2. The molecule has 17 nitrogen and oxygen atoms in total. The molecule has 2 aliphatic heterocycles. The Morgan fingerprint density at radius 3 is 2.22 bits per heavy atom. The van der Waals surface area contributed by atoms with E-state index in [1.54, 1.807) is 61.7 Å². The third kappa shape index (κ3) is 6.65. The number of aromatic hydroxyl groups is 1. The zero-order valence-electron chi connectivity index (χ0n) is 35.4. The lowest BCUT2D eigenvalue weighted by molar-refractivity contribution is -0.138. The van der Waals surface area contributed by atoms with Crippen LogP contribution in [-0.4, -0.2) is 73.9 Å². The van der Waals surface area contributed by atoms with Gasteiger partial charge in [0.2, 0.25) is 0 Å². The molecule has 336 valence electrons. The molecule has 6 aromatic rings. The number of fused-ring (bicyclic) bond motifs is 5. The number of nitrogens with one attached hydrogen (secondary N) is 1. The van der Waals surface area contributed by atoms with Crippen molar-refractivity contribution < 1.29 is 33.6 Å². The van der Waals surface area contributed by atoms with E-state index in [0.717, 1.165) is 9.58 Å². The van der Waals surface area contributed by atoms with Gasteiger partial charge in [0.05, 0.1) is 79.1 Å². The van der Waals surface area contributed by atoms with E-state index in [9.17, 15) is 19.5 Å². The van der Waals surface area contributed by atoms with E-state index < -0.39 is 52.0 Å². The lowest BCUT2D eigenvalue weighted by Crippen LogP contribution is -2.53. The number of amides is 2. The molecule has 65 heavy (non-hydrogen) atoms. The molecule has 2 N–H and O–H groups in total. The first-order valence-corrected chi connectivity index (χ1v) is 21.4. The molecule has 9 rings (SSSR count). The van der Waals surface area contributed by atoms with Gasteiger partial charge in [-0.3, -0.25) is 19.8 Å². The highest BCUT2D eigenvalue weighted by Crippen LogP contribution is 2.62. The summed E-state index contributed by atoms with van der Waals surface area (Å²) in [7, 11) is 7.41. The molecule has 4 atom stereocenters. The van der Waals surface area contributed by atoms with Gasteiger partial charge in [-0.2, -0.15) is 5.01 Å². The Balaban J connectivity index is 1.20. The van der Waals surface area contributed by atoms with Gasteiger partial charge in [-0.1, -0.05) is 53.0 Å². The summed E-state index contributed by atoms with van der Waals surface area (Å²) in [6.07, 6.45) is 1.58. The van der Waals surface area contributed by atoms with Gasteiger partial charge in [0.15, 0.2) is 23.0 Å². The van der Waals surface area contributed by atoms with Crippen LogP contribution in [0.3, 0.4) is 0 Å². The van der Waals surface area contributed by atoms with Crippen molar-refractivity contribution in [1.82, 2.24) is 28.5 Å². The Morgan fingerprint density at radius 2 is 1.54 bits per heavy atom. The summed E-state index contributed by atoms with van der Waals surface area (Å²) in [5.41, 5.74) is 2.04. The zero-order valence-corrected chi connectivity index (χ0v) is 37.7. The minimum absolute atomic E-state index is 0.00147. The summed E-state index contributed by atoms with van der Waals surface area (Å²) in [6.45, 7) is -0.310. The highest BCUT2D eigenvalue weighted by molar-refractivity contribution is 6.36. The number of hydrogen-bond acceptors (Lipinski definition) is 12. The van der Waals surface area contributed by atoms with Gasteiger partial charge in [0.25, 0.3) is 17.4 Å². The highest BCUT2D eigenvalue weighted by atomic mass is 35.5. The monoisotopic (exact) mass is 943 g/mol. The average Bonchev–Trinajstić information content (AvgIpc) is 3.68. The molecule has 0 bridgehead atoms. The van der Waals surface area contributed by atoms with Crippen molar-refractivity contribution in [3.05, 3.63) is 142 Å². The van der Waals surface area contributed by atoms with Crippen LogP contribution >= 0.6 is 34.8 Å². The van der Waals surface area contributed by atoms with Crippen molar-refractivity contribution >= 4 is 63.3 Å². The smallest absolute Gasteiger partial charge is 0.347 e. The molecule has 1 saturated carbocycles. The molecule has 4 aromatic carbocycles. The molecule has 2 amide bonds. The van der Waals surface area contributed by atoms with Gasteiger partial charge in [-0.15, -0.1) is 0 Å². The molecule has 0 radical (unpaired) electrons. The number of aromatic nitrogens is 5. The van der Waals surface area contributed by atoms with E-state index in [1.165, 1.54) is 60.6 Å². The minimum atomic E-state index is -1.73. The summed E-state index contributed by atoms with van der Waals surface area (Å²) in [5, 5.41) is 12.2. The number of halogens is 3. The molecule has 1 saturated heterocycles. The number of phenols is 1. The molecule has 2 aromatic heterocycles. The third-order valence-corrected chi connectivity index (χ3v) is 13.6. The van der Waals surface area contributed by atoms with E-state index in [-0.39, 0.29) is 58.9 Å². The van der Waals surface area contributed by atoms with E-state index in [1.807, 2.05) is 0 Å². The maximum Gasteiger partial charge on any atom is 0.347 e. The number of imide groups is 1. The number of phenolic OH excluding ortho intramolecular Hbond substituents is 1. The Bertz CT molecular complexity index is 3200. The van der Waals surface area contributed by atoms with Crippen LogP contribution in [0.1, 0.15) is 35.2 Å². The number of methoxy groups -OCH3 is 4.